The summed E-state index contributed by atoms with van der Waals surface area (Å²) in [7, 11) is 0. The van der Waals surface area contributed by atoms with Gasteiger partial charge < -0.3 is 5.32 Å². The van der Waals surface area contributed by atoms with Crippen molar-refractivity contribution < 1.29 is 0 Å². The van der Waals surface area contributed by atoms with Crippen molar-refractivity contribution in [1.29, 1.82) is 0 Å². The van der Waals surface area contributed by atoms with Crippen molar-refractivity contribution in [3.63, 3.8) is 0 Å². The first-order valence-electron chi connectivity index (χ1n) is 6.13. The Hall–Kier alpha value is -1.38. The van der Waals surface area contributed by atoms with Crippen LogP contribution in [0.15, 0.2) is 36.5 Å². The van der Waals surface area contributed by atoms with Crippen molar-refractivity contribution in [3.8, 4) is 11.1 Å². The number of hydrogen-bond acceptors (Lipinski definition) is 2. The summed E-state index contributed by atoms with van der Waals surface area (Å²) in [5.41, 5.74) is 4.61. The van der Waals surface area contributed by atoms with Crippen molar-refractivity contribution in [2.75, 3.05) is 6.54 Å². The Kier molecular flexibility index (Phi) is 4.34. The highest BCUT2D eigenvalue weighted by Gasteiger charge is 2.06. The fourth-order valence-corrected chi connectivity index (χ4v) is 2.12. The van der Waals surface area contributed by atoms with Gasteiger partial charge in [0.15, 0.2) is 0 Å². The maximum Gasteiger partial charge on any atom is 0.0412 e. The van der Waals surface area contributed by atoms with E-state index in [0.29, 0.717) is 0 Å². The highest BCUT2D eigenvalue weighted by Crippen LogP contribution is 2.27. The summed E-state index contributed by atoms with van der Waals surface area (Å²) in [6.45, 7) is 5.91. The van der Waals surface area contributed by atoms with Crippen LogP contribution in [0.1, 0.15) is 18.2 Å². The minimum atomic E-state index is 0.764. The Morgan fingerprint density at radius 2 is 2.06 bits per heavy atom. The first kappa shape index (κ1) is 13.1. The zero-order valence-electron chi connectivity index (χ0n) is 10.7. The van der Waals surface area contributed by atoms with Gasteiger partial charge in [0, 0.05) is 23.5 Å². The lowest BCUT2D eigenvalue weighted by atomic mass is 10.00. The molecule has 94 valence electrons. The van der Waals surface area contributed by atoms with Gasteiger partial charge in [0.1, 0.15) is 0 Å². The Morgan fingerprint density at radius 1 is 1.22 bits per heavy atom. The highest BCUT2D eigenvalue weighted by atomic mass is 35.5. The molecule has 0 radical (unpaired) electrons. The van der Waals surface area contributed by atoms with E-state index in [4.69, 9.17) is 11.6 Å². The summed E-state index contributed by atoms with van der Waals surface area (Å²) < 4.78 is 0. The van der Waals surface area contributed by atoms with Crippen LogP contribution in [-0.4, -0.2) is 11.5 Å². The Morgan fingerprint density at radius 3 is 2.78 bits per heavy atom. The third-order valence-electron chi connectivity index (χ3n) is 2.85. The van der Waals surface area contributed by atoms with Gasteiger partial charge >= 0.3 is 0 Å². The van der Waals surface area contributed by atoms with Gasteiger partial charge in [-0.05, 0) is 54.4 Å². The van der Waals surface area contributed by atoms with Crippen LogP contribution in [0.25, 0.3) is 11.1 Å². The van der Waals surface area contributed by atoms with Crippen LogP contribution in [0.5, 0.6) is 0 Å². The molecule has 2 rings (SSSR count). The molecule has 0 fully saturated rings. The van der Waals surface area contributed by atoms with Crippen LogP contribution in [0.4, 0.5) is 0 Å². The molecule has 0 aliphatic heterocycles. The van der Waals surface area contributed by atoms with Gasteiger partial charge in [-0.25, -0.2) is 0 Å². The van der Waals surface area contributed by atoms with Crippen LogP contribution >= 0.6 is 11.6 Å². The van der Waals surface area contributed by atoms with E-state index in [9.17, 15) is 0 Å². The van der Waals surface area contributed by atoms with Gasteiger partial charge in [-0.1, -0.05) is 24.6 Å². The van der Waals surface area contributed by atoms with Gasteiger partial charge in [0.05, 0.1) is 0 Å². The van der Waals surface area contributed by atoms with Crippen molar-refractivity contribution in [3.05, 3.63) is 52.8 Å². The second kappa shape index (κ2) is 5.98. The van der Waals surface area contributed by atoms with Gasteiger partial charge in [0.25, 0.3) is 0 Å². The SMILES string of the molecule is CCNCc1ccc(Cl)cc1-c1ccnc(C)c1. The minimum absolute atomic E-state index is 0.764. The molecule has 0 spiro atoms. The Bertz CT molecular complexity index is 538. The summed E-state index contributed by atoms with van der Waals surface area (Å²) in [6, 6.07) is 10.1. The molecule has 1 aromatic heterocycles. The predicted octanol–water partition coefficient (Wildman–Crippen LogP) is 3.82. The normalized spacial score (nSPS) is 10.6. The van der Waals surface area contributed by atoms with Crippen LogP contribution in [0.2, 0.25) is 5.02 Å². The largest absolute Gasteiger partial charge is 0.313 e. The lowest BCUT2D eigenvalue weighted by Gasteiger charge is -2.11. The quantitative estimate of drug-likeness (QED) is 0.904. The third-order valence-corrected chi connectivity index (χ3v) is 3.08. The zero-order chi connectivity index (χ0) is 13.0. The van der Waals surface area contributed by atoms with Crippen molar-refractivity contribution in [1.82, 2.24) is 10.3 Å². The molecule has 0 amide bonds. The second-order valence-corrected chi connectivity index (χ2v) is 4.70. The summed E-state index contributed by atoms with van der Waals surface area (Å²) in [5, 5.41) is 4.11. The van der Waals surface area contributed by atoms with E-state index in [0.717, 1.165) is 29.4 Å². The van der Waals surface area contributed by atoms with Gasteiger partial charge in [-0.2, -0.15) is 0 Å². The van der Waals surface area contributed by atoms with E-state index in [1.165, 1.54) is 11.1 Å². The van der Waals surface area contributed by atoms with Crippen molar-refractivity contribution >= 4 is 11.6 Å². The van der Waals surface area contributed by atoms with Crippen LogP contribution < -0.4 is 5.32 Å². The lowest BCUT2D eigenvalue weighted by molar-refractivity contribution is 0.728. The Labute approximate surface area is 113 Å². The number of nitrogens with zero attached hydrogens (tertiary/aromatic N) is 1. The summed E-state index contributed by atoms with van der Waals surface area (Å²) in [6.07, 6.45) is 1.84. The average Bonchev–Trinajstić information content (AvgIpc) is 2.37. The number of benzene rings is 1. The number of pyridine rings is 1. The standard InChI is InChI=1S/C15H17ClN2/c1-3-17-10-13-4-5-14(16)9-15(13)12-6-7-18-11(2)8-12/h4-9,17H,3,10H2,1-2H3. The molecule has 1 N–H and O–H groups in total. The zero-order valence-corrected chi connectivity index (χ0v) is 11.5. The fraction of sp³-hybridized carbons (Fsp3) is 0.267. The molecule has 18 heavy (non-hydrogen) atoms. The van der Waals surface area contributed by atoms with E-state index >= 15 is 0 Å². The Balaban J connectivity index is 2.44. The number of hydrogen-bond donors (Lipinski definition) is 1. The molecule has 0 aliphatic carbocycles. The van der Waals surface area contributed by atoms with E-state index in [1.54, 1.807) is 0 Å². The van der Waals surface area contributed by atoms with Gasteiger partial charge in [0.2, 0.25) is 0 Å². The molecule has 0 aliphatic rings. The molecule has 1 aromatic carbocycles. The predicted molar refractivity (Wildman–Crippen MR) is 76.8 cm³/mol. The summed E-state index contributed by atoms with van der Waals surface area (Å²) in [4.78, 5) is 4.23. The lowest BCUT2D eigenvalue weighted by Crippen LogP contribution is -2.12. The van der Waals surface area contributed by atoms with Crippen LogP contribution in [-0.2, 0) is 6.54 Å². The smallest absolute Gasteiger partial charge is 0.0412 e. The fourth-order valence-electron chi connectivity index (χ4n) is 1.94. The molecule has 0 atom stereocenters. The molecule has 3 heteroatoms. The van der Waals surface area contributed by atoms with E-state index in [-0.39, 0.29) is 0 Å². The van der Waals surface area contributed by atoms with Gasteiger partial charge in [-0.3, -0.25) is 4.98 Å². The summed E-state index contributed by atoms with van der Waals surface area (Å²) >= 11 is 6.10. The van der Waals surface area contributed by atoms with Gasteiger partial charge in [-0.15, -0.1) is 0 Å². The number of halogens is 1. The minimum Gasteiger partial charge on any atom is -0.313 e. The van der Waals surface area contributed by atoms with E-state index in [2.05, 4.69) is 29.4 Å². The number of rotatable bonds is 4. The maximum atomic E-state index is 6.10. The van der Waals surface area contributed by atoms with E-state index in [1.807, 2.05) is 31.3 Å². The first-order chi connectivity index (χ1) is 8.70. The van der Waals surface area contributed by atoms with Crippen molar-refractivity contribution in [2.45, 2.75) is 20.4 Å². The number of aryl methyl sites for hydroxylation is 1. The molecule has 0 saturated carbocycles. The first-order valence-corrected chi connectivity index (χ1v) is 6.50. The molecular weight excluding hydrogens is 244 g/mol. The van der Waals surface area contributed by atoms with Crippen molar-refractivity contribution in [2.24, 2.45) is 0 Å². The molecular formula is C15H17ClN2. The monoisotopic (exact) mass is 260 g/mol. The molecule has 0 saturated heterocycles. The second-order valence-electron chi connectivity index (χ2n) is 4.27. The number of aromatic nitrogens is 1. The topological polar surface area (TPSA) is 24.9 Å². The van der Waals surface area contributed by atoms with E-state index < -0.39 is 0 Å². The molecule has 2 nitrogen and oxygen atoms in total. The molecule has 1 heterocycles. The third kappa shape index (κ3) is 3.09. The molecule has 0 bridgehead atoms. The average molecular weight is 261 g/mol. The number of nitrogens with one attached hydrogen (secondary N) is 1. The summed E-state index contributed by atoms with van der Waals surface area (Å²) in [5.74, 6) is 0. The molecule has 2 aromatic rings. The van der Waals surface area contributed by atoms with Crippen LogP contribution in [0, 0.1) is 6.92 Å². The van der Waals surface area contributed by atoms with Crippen LogP contribution in [0.3, 0.4) is 0 Å². The molecule has 0 unspecified atom stereocenters. The maximum absolute atomic E-state index is 6.10. The highest BCUT2D eigenvalue weighted by molar-refractivity contribution is 6.30.